The molecule has 3 rings (SSSR count). The number of hydrogen-bond donors (Lipinski definition) is 1. The summed E-state index contributed by atoms with van der Waals surface area (Å²) >= 11 is 0. The molecule has 4 heteroatoms. The Balaban J connectivity index is 2.14. The highest BCUT2D eigenvalue weighted by atomic mass is 16.5. The van der Waals surface area contributed by atoms with Crippen LogP contribution < -0.4 is 9.47 Å². The summed E-state index contributed by atoms with van der Waals surface area (Å²) in [6, 6.07) is 8.36. The first-order valence-electron chi connectivity index (χ1n) is 7.29. The van der Waals surface area contributed by atoms with Gasteiger partial charge < -0.3 is 19.1 Å². The predicted octanol–water partition coefficient (Wildman–Crippen LogP) is 2.58. The van der Waals surface area contributed by atoms with Gasteiger partial charge in [-0.2, -0.15) is 0 Å². The van der Waals surface area contributed by atoms with Crippen molar-refractivity contribution in [1.82, 2.24) is 4.57 Å². The average Bonchev–Trinajstić information content (AvgIpc) is 2.93. The lowest BCUT2D eigenvalue weighted by molar-refractivity contribution is 0.280. The lowest BCUT2D eigenvalue weighted by Crippen LogP contribution is -2.08. The largest absolute Gasteiger partial charge is 0.493 e. The SMILES string of the molecule is COc1cc2c(cc1OC)C(CCO)c1cccn1CC2. The zero-order valence-electron chi connectivity index (χ0n) is 12.5. The molecule has 0 spiro atoms. The maximum atomic E-state index is 9.46. The van der Waals surface area contributed by atoms with Gasteiger partial charge >= 0.3 is 0 Å². The summed E-state index contributed by atoms with van der Waals surface area (Å²) in [6.45, 7) is 1.12. The van der Waals surface area contributed by atoms with Gasteiger partial charge in [-0.15, -0.1) is 0 Å². The molecule has 0 aliphatic carbocycles. The summed E-state index contributed by atoms with van der Waals surface area (Å²) in [4.78, 5) is 0. The molecule has 1 aliphatic rings. The van der Waals surface area contributed by atoms with Crippen molar-refractivity contribution in [1.29, 1.82) is 0 Å². The molecule has 0 saturated heterocycles. The Morgan fingerprint density at radius 1 is 1.24 bits per heavy atom. The van der Waals surface area contributed by atoms with E-state index in [1.807, 2.05) is 0 Å². The van der Waals surface area contributed by atoms with Gasteiger partial charge in [0.05, 0.1) is 14.2 Å². The van der Waals surface area contributed by atoms with Crippen LogP contribution in [0.5, 0.6) is 11.5 Å². The fourth-order valence-electron chi connectivity index (χ4n) is 3.26. The molecular weight excluding hydrogens is 266 g/mol. The number of aliphatic hydroxyl groups excluding tert-OH is 1. The molecule has 2 heterocycles. The summed E-state index contributed by atoms with van der Waals surface area (Å²) < 4.78 is 13.1. The summed E-state index contributed by atoms with van der Waals surface area (Å²) in [6.07, 6.45) is 3.78. The first-order valence-corrected chi connectivity index (χ1v) is 7.29. The third-order valence-electron chi connectivity index (χ3n) is 4.28. The Labute approximate surface area is 124 Å². The van der Waals surface area contributed by atoms with Crippen LogP contribution in [0.25, 0.3) is 0 Å². The van der Waals surface area contributed by atoms with Crippen molar-refractivity contribution < 1.29 is 14.6 Å². The van der Waals surface area contributed by atoms with E-state index in [0.29, 0.717) is 6.42 Å². The molecule has 0 radical (unpaired) electrons. The fraction of sp³-hybridized carbons (Fsp3) is 0.412. The molecule has 1 aliphatic heterocycles. The number of benzene rings is 1. The smallest absolute Gasteiger partial charge is 0.161 e. The zero-order chi connectivity index (χ0) is 14.8. The summed E-state index contributed by atoms with van der Waals surface area (Å²) in [5.74, 6) is 1.71. The van der Waals surface area contributed by atoms with Gasteiger partial charge in [-0.1, -0.05) is 0 Å². The molecule has 0 bridgehead atoms. The van der Waals surface area contributed by atoms with Crippen LogP contribution in [0.2, 0.25) is 0 Å². The van der Waals surface area contributed by atoms with E-state index in [0.717, 1.165) is 24.5 Å². The highest BCUT2D eigenvalue weighted by Crippen LogP contribution is 2.39. The van der Waals surface area contributed by atoms with Gasteiger partial charge in [0.15, 0.2) is 11.5 Å². The van der Waals surface area contributed by atoms with Crippen molar-refractivity contribution in [2.45, 2.75) is 25.3 Å². The normalized spacial score (nSPS) is 16.8. The van der Waals surface area contributed by atoms with Crippen LogP contribution in [-0.2, 0) is 13.0 Å². The summed E-state index contributed by atoms with van der Waals surface area (Å²) in [7, 11) is 3.32. The van der Waals surface area contributed by atoms with E-state index in [9.17, 15) is 5.11 Å². The van der Waals surface area contributed by atoms with Gasteiger partial charge in [-0.3, -0.25) is 0 Å². The standard InChI is InChI=1S/C17H21NO3/c1-20-16-10-12-5-8-18-7-3-4-15(18)13(6-9-19)14(12)11-17(16)21-2/h3-4,7,10-11,13,19H,5-6,8-9H2,1-2H3. The molecule has 0 amide bonds. The Morgan fingerprint density at radius 3 is 2.71 bits per heavy atom. The van der Waals surface area contributed by atoms with E-state index in [1.165, 1.54) is 16.8 Å². The predicted molar refractivity (Wildman–Crippen MR) is 81.2 cm³/mol. The minimum absolute atomic E-state index is 0.170. The van der Waals surface area contributed by atoms with Gasteiger partial charge in [-0.25, -0.2) is 0 Å². The third kappa shape index (κ3) is 2.40. The lowest BCUT2D eigenvalue weighted by Gasteiger charge is -2.20. The van der Waals surface area contributed by atoms with Crippen molar-refractivity contribution in [2.75, 3.05) is 20.8 Å². The van der Waals surface area contributed by atoms with Crippen molar-refractivity contribution >= 4 is 0 Å². The fourth-order valence-corrected chi connectivity index (χ4v) is 3.26. The van der Waals surface area contributed by atoms with E-state index in [-0.39, 0.29) is 12.5 Å². The third-order valence-corrected chi connectivity index (χ3v) is 4.28. The van der Waals surface area contributed by atoms with Crippen LogP contribution in [0.3, 0.4) is 0 Å². The number of methoxy groups -OCH3 is 2. The van der Waals surface area contributed by atoms with E-state index in [4.69, 9.17) is 9.47 Å². The highest BCUT2D eigenvalue weighted by Gasteiger charge is 2.25. The number of aliphatic hydroxyl groups is 1. The van der Waals surface area contributed by atoms with Crippen molar-refractivity contribution in [2.24, 2.45) is 0 Å². The Kier molecular flexibility index (Phi) is 3.88. The molecule has 4 nitrogen and oxygen atoms in total. The quantitative estimate of drug-likeness (QED) is 0.940. The minimum Gasteiger partial charge on any atom is -0.493 e. The number of hydrogen-bond acceptors (Lipinski definition) is 3. The molecule has 0 fully saturated rings. The van der Waals surface area contributed by atoms with Crippen LogP contribution in [-0.4, -0.2) is 30.5 Å². The Bertz CT molecular complexity index is 633. The minimum atomic E-state index is 0.170. The number of rotatable bonds is 4. The first-order chi connectivity index (χ1) is 10.3. The van der Waals surface area contributed by atoms with E-state index >= 15 is 0 Å². The molecule has 1 aromatic heterocycles. The summed E-state index contributed by atoms with van der Waals surface area (Å²) in [5.41, 5.74) is 3.77. The molecule has 2 aromatic rings. The number of ether oxygens (including phenoxy) is 2. The van der Waals surface area contributed by atoms with Gasteiger partial charge in [0, 0.05) is 31.0 Å². The highest BCUT2D eigenvalue weighted by molar-refractivity contribution is 5.51. The van der Waals surface area contributed by atoms with Crippen LogP contribution >= 0.6 is 0 Å². The monoisotopic (exact) mass is 287 g/mol. The molecule has 1 unspecified atom stereocenters. The number of aromatic nitrogens is 1. The topological polar surface area (TPSA) is 43.6 Å². The molecule has 21 heavy (non-hydrogen) atoms. The van der Waals surface area contributed by atoms with Crippen LogP contribution in [0, 0.1) is 0 Å². The molecule has 0 saturated carbocycles. The van der Waals surface area contributed by atoms with Crippen molar-refractivity contribution in [3.63, 3.8) is 0 Å². The Hall–Kier alpha value is -1.94. The zero-order valence-corrected chi connectivity index (χ0v) is 12.5. The Morgan fingerprint density at radius 2 is 2.00 bits per heavy atom. The van der Waals surface area contributed by atoms with Crippen LogP contribution in [0.4, 0.5) is 0 Å². The second-order valence-electron chi connectivity index (χ2n) is 5.35. The maximum absolute atomic E-state index is 9.46. The molecule has 112 valence electrons. The maximum Gasteiger partial charge on any atom is 0.161 e. The molecule has 1 N–H and O–H groups in total. The van der Waals surface area contributed by atoms with Crippen LogP contribution in [0.1, 0.15) is 29.2 Å². The van der Waals surface area contributed by atoms with Crippen molar-refractivity contribution in [3.8, 4) is 11.5 Å². The lowest BCUT2D eigenvalue weighted by atomic mass is 9.88. The molecular formula is C17H21NO3. The molecule has 1 aromatic carbocycles. The second kappa shape index (κ2) is 5.82. The summed E-state index contributed by atoms with van der Waals surface area (Å²) in [5, 5.41) is 9.46. The van der Waals surface area contributed by atoms with Crippen LogP contribution in [0.15, 0.2) is 30.5 Å². The first kappa shape index (κ1) is 14.0. The number of fused-ring (bicyclic) bond motifs is 2. The van der Waals surface area contributed by atoms with E-state index in [1.54, 1.807) is 14.2 Å². The molecule has 1 atom stereocenters. The number of aryl methyl sites for hydroxylation is 2. The van der Waals surface area contributed by atoms with Gasteiger partial charge in [0.1, 0.15) is 0 Å². The van der Waals surface area contributed by atoms with Gasteiger partial charge in [-0.05, 0) is 48.2 Å². The van der Waals surface area contributed by atoms with E-state index in [2.05, 4.69) is 35.0 Å². The van der Waals surface area contributed by atoms with E-state index < -0.39 is 0 Å². The van der Waals surface area contributed by atoms with Gasteiger partial charge in [0.25, 0.3) is 0 Å². The van der Waals surface area contributed by atoms with Crippen molar-refractivity contribution in [3.05, 3.63) is 47.3 Å². The second-order valence-corrected chi connectivity index (χ2v) is 5.35. The van der Waals surface area contributed by atoms with Gasteiger partial charge in [0.2, 0.25) is 0 Å². The number of nitrogens with zero attached hydrogens (tertiary/aromatic N) is 1. The average molecular weight is 287 g/mol.